The van der Waals surface area contributed by atoms with Crippen molar-refractivity contribution in [3.8, 4) is 0 Å². The summed E-state index contributed by atoms with van der Waals surface area (Å²) in [5.41, 5.74) is 6.97. The highest BCUT2D eigenvalue weighted by molar-refractivity contribution is 5.83. The van der Waals surface area contributed by atoms with Crippen LogP contribution in [0.3, 0.4) is 0 Å². The van der Waals surface area contributed by atoms with Crippen molar-refractivity contribution in [3.05, 3.63) is 35.9 Å². The Hall–Kier alpha value is -1.35. The van der Waals surface area contributed by atoms with Crippen molar-refractivity contribution >= 4 is 5.91 Å². The Balaban J connectivity index is 2.07. The van der Waals surface area contributed by atoms with Crippen LogP contribution in [-0.2, 0) is 4.79 Å². The number of carbonyl (C=O) groups is 1. The minimum absolute atomic E-state index is 0.0445. The first-order chi connectivity index (χ1) is 8.59. The lowest BCUT2D eigenvalue weighted by Crippen LogP contribution is -2.43. The van der Waals surface area contributed by atoms with Gasteiger partial charge in [-0.1, -0.05) is 30.3 Å². The topological polar surface area (TPSA) is 46.3 Å². The van der Waals surface area contributed by atoms with E-state index in [2.05, 4.69) is 13.8 Å². The van der Waals surface area contributed by atoms with Crippen LogP contribution in [0.2, 0.25) is 0 Å². The molecule has 1 atom stereocenters. The number of amides is 1. The quantitative estimate of drug-likeness (QED) is 0.866. The Morgan fingerprint density at radius 1 is 1.33 bits per heavy atom. The molecule has 2 rings (SSSR count). The molecule has 0 bridgehead atoms. The van der Waals surface area contributed by atoms with Crippen LogP contribution >= 0.6 is 0 Å². The molecule has 1 aliphatic rings. The van der Waals surface area contributed by atoms with E-state index in [-0.39, 0.29) is 11.9 Å². The van der Waals surface area contributed by atoms with Crippen molar-refractivity contribution in [1.82, 2.24) is 4.90 Å². The Bertz CT molecular complexity index is 398. The lowest BCUT2D eigenvalue weighted by Gasteiger charge is -2.29. The van der Waals surface area contributed by atoms with Crippen molar-refractivity contribution < 1.29 is 4.79 Å². The number of rotatable bonds is 5. The summed E-state index contributed by atoms with van der Waals surface area (Å²) >= 11 is 0. The molecule has 0 radical (unpaired) electrons. The van der Waals surface area contributed by atoms with E-state index in [9.17, 15) is 4.79 Å². The molecular weight excluding hydrogens is 224 g/mol. The Morgan fingerprint density at radius 2 is 1.94 bits per heavy atom. The predicted octanol–water partition coefficient (Wildman–Crippen LogP) is 2.33. The van der Waals surface area contributed by atoms with Crippen LogP contribution in [0.15, 0.2) is 30.3 Å². The Kier molecular flexibility index (Phi) is 4.02. The predicted molar refractivity (Wildman–Crippen MR) is 72.9 cm³/mol. The van der Waals surface area contributed by atoms with E-state index >= 15 is 0 Å². The van der Waals surface area contributed by atoms with E-state index in [1.807, 2.05) is 35.2 Å². The van der Waals surface area contributed by atoms with E-state index in [1.54, 1.807) is 0 Å². The molecule has 0 heterocycles. The fraction of sp³-hybridized carbons (Fsp3) is 0.533. The normalized spacial score (nSPS) is 16.7. The number of hydrogen-bond acceptors (Lipinski definition) is 2. The highest BCUT2D eigenvalue weighted by Crippen LogP contribution is 2.31. The maximum atomic E-state index is 12.4. The number of carbonyl (C=O) groups excluding carboxylic acids is 1. The fourth-order valence-corrected chi connectivity index (χ4v) is 2.12. The fourth-order valence-electron chi connectivity index (χ4n) is 2.12. The number of benzene rings is 1. The third-order valence-corrected chi connectivity index (χ3v) is 3.48. The second-order valence-electron chi connectivity index (χ2n) is 5.42. The summed E-state index contributed by atoms with van der Waals surface area (Å²) in [6, 6.07) is 9.29. The monoisotopic (exact) mass is 246 g/mol. The third-order valence-electron chi connectivity index (χ3n) is 3.48. The molecule has 0 saturated heterocycles. The highest BCUT2D eigenvalue weighted by atomic mass is 16.2. The zero-order valence-corrected chi connectivity index (χ0v) is 11.2. The van der Waals surface area contributed by atoms with Crippen molar-refractivity contribution in [2.24, 2.45) is 11.7 Å². The molecule has 98 valence electrons. The molecule has 0 aromatic heterocycles. The molecule has 1 aromatic carbocycles. The Labute approximate surface area is 109 Å². The second-order valence-corrected chi connectivity index (χ2v) is 5.42. The van der Waals surface area contributed by atoms with E-state index < -0.39 is 6.04 Å². The molecule has 1 aliphatic carbocycles. The minimum Gasteiger partial charge on any atom is -0.338 e. The summed E-state index contributed by atoms with van der Waals surface area (Å²) in [5, 5.41) is 0. The van der Waals surface area contributed by atoms with Gasteiger partial charge in [-0.05, 0) is 38.2 Å². The maximum absolute atomic E-state index is 12.4. The van der Waals surface area contributed by atoms with E-state index in [4.69, 9.17) is 5.73 Å². The van der Waals surface area contributed by atoms with Gasteiger partial charge in [0.2, 0.25) is 5.91 Å². The number of hydrogen-bond donors (Lipinski definition) is 1. The summed E-state index contributed by atoms with van der Waals surface area (Å²) in [7, 11) is 0. The van der Waals surface area contributed by atoms with E-state index in [1.165, 1.54) is 12.8 Å². The summed E-state index contributed by atoms with van der Waals surface area (Å²) < 4.78 is 0. The zero-order chi connectivity index (χ0) is 13.1. The first-order valence-corrected chi connectivity index (χ1v) is 6.70. The number of nitrogens with two attached hydrogens (primary N) is 1. The molecule has 0 aliphatic heterocycles. The Morgan fingerprint density at radius 3 is 2.44 bits per heavy atom. The molecule has 18 heavy (non-hydrogen) atoms. The molecule has 0 unspecified atom stereocenters. The molecule has 1 fully saturated rings. The molecular formula is C15H22N2O. The molecule has 1 amide bonds. The standard InChI is InChI=1S/C15H22N2O/c1-11(2)17(10-12-8-9-12)15(18)14(16)13-6-4-3-5-7-13/h3-7,11-12,14H,8-10,16H2,1-2H3/t14-/m0/s1. The molecule has 0 spiro atoms. The van der Waals surface area contributed by atoms with Crippen LogP contribution in [0.1, 0.15) is 38.3 Å². The minimum atomic E-state index is -0.535. The van der Waals surface area contributed by atoms with Gasteiger partial charge in [0.1, 0.15) is 6.04 Å². The highest BCUT2D eigenvalue weighted by Gasteiger charge is 2.30. The summed E-state index contributed by atoms with van der Waals surface area (Å²) in [6.07, 6.45) is 2.49. The van der Waals surface area contributed by atoms with Gasteiger partial charge >= 0.3 is 0 Å². The van der Waals surface area contributed by atoms with Gasteiger partial charge in [0.05, 0.1) is 0 Å². The lowest BCUT2D eigenvalue weighted by molar-refractivity contribution is -0.134. The maximum Gasteiger partial charge on any atom is 0.244 e. The molecule has 1 saturated carbocycles. The van der Waals surface area contributed by atoms with Crippen LogP contribution in [0.4, 0.5) is 0 Å². The summed E-state index contributed by atoms with van der Waals surface area (Å²) in [6.45, 7) is 4.97. The van der Waals surface area contributed by atoms with Gasteiger partial charge in [-0.25, -0.2) is 0 Å². The van der Waals surface area contributed by atoms with Crippen molar-refractivity contribution in [1.29, 1.82) is 0 Å². The van der Waals surface area contributed by atoms with Crippen molar-refractivity contribution in [3.63, 3.8) is 0 Å². The second kappa shape index (κ2) is 5.53. The lowest BCUT2D eigenvalue weighted by atomic mass is 10.1. The molecule has 3 nitrogen and oxygen atoms in total. The van der Waals surface area contributed by atoms with Crippen LogP contribution in [0.25, 0.3) is 0 Å². The van der Waals surface area contributed by atoms with Crippen LogP contribution < -0.4 is 5.73 Å². The first kappa shape index (κ1) is 13.1. The largest absolute Gasteiger partial charge is 0.338 e. The molecule has 3 heteroatoms. The van der Waals surface area contributed by atoms with Gasteiger partial charge in [-0.15, -0.1) is 0 Å². The van der Waals surface area contributed by atoms with Gasteiger partial charge in [-0.3, -0.25) is 4.79 Å². The van der Waals surface area contributed by atoms with Gasteiger partial charge in [-0.2, -0.15) is 0 Å². The molecule has 1 aromatic rings. The third kappa shape index (κ3) is 3.10. The summed E-state index contributed by atoms with van der Waals surface area (Å²) in [5.74, 6) is 0.738. The van der Waals surface area contributed by atoms with E-state index in [0.29, 0.717) is 5.92 Å². The van der Waals surface area contributed by atoms with Gasteiger partial charge in [0.15, 0.2) is 0 Å². The van der Waals surface area contributed by atoms with Crippen molar-refractivity contribution in [2.45, 2.75) is 38.8 Å². The average Bonchev–Trinajstić information content (AvgIpc) is 3.19. The zero-order valence-electron chi connectivity index (χ0n) is 11.2. The number of nitrogens with zero attached hydrogens (tertiary/aromatic N) is 1. The van der Waals surface area contributed by atoms with Gasteiger partial charge in [0.25, 0.3) is 0 Å². The van der Waals surface area contributed by atoms with Gasteiger partial charge in [0, 0.05) is 12.6 Å². The molecule has 2 N–H and O–H groups in total. The smallest absolute Gasteiger partial charge is 0.244 e. The SMILES string of the molecule is CC(C)N(CC1CC1)C(=O)[C@@H](N)c1ccccc1. The van der Waals surface area contributed by atoms with Crippen molar-refractivity contribution in [2.75, 3.05) is 6.54 Å². The van der Waals surface area contributed by atoms with Crippen LogP contribution in [-0.4, -0.2) is 23.4 Å². The average molecular weight is 246 g/mol. The van der Waals surface area contributed by atoms with Crippen LogP contribution in [0.5, 0.6) is 0 Å². The van der Waals surface area contributed by atoms with Crippen LogP contribution in [0, 0.1) is 5.92 Å². The first-order valence-electron chi connectivity index (χ1n) is 6.70. The van der Waals surface area contributed by atoms with E-state index in [0.717, 1.165) is 12.1 Å². The van der Waals surface area contributed by atoms with Gasteiger partial charge < -0.3 is 10.6 Å². The summed E-state index contributed by atoms with van der Waals surface area (Å²) in [4.78, 5) is 14.4.